The van der Waals surface area contributed by atoms with E-state index in [9.17, 15) is 4.79 Å². The Hall–Kier alpha value is -1.59. The first-order valence-corrected chi connectivity index (χ1v) is 8.56. The molecule has 1 heterocycles. The minimum Gasteiger partial charge on any atom is -0.497 e. The molecule has 22 heavy (non-hydrogen) atoms. The number of amides is 1. The Labute approximate surface area is 139 Å². The molecule has 0 atom stereocenters. The number of carbonyl (C=O) groups excluding carboxylic acids is 1. The van der Waals surface area contributed by atoms with Gasteiger partial charge in [-0.2, -0.15) is 0 Å². The number of nitrogens with zero attached hydrogens (tertiary/aromatic N) is 1. The van der Waals surface area contributed by atoms with Crippen molar-refractivity contribution in [2.24, 2.45) is 0 Å². The fourth-order valence-electron chi connectivity index (χ4n) is 1.93. The highest BCUT2D eigenvalue weighted by Crippen LogP contribution is 2.25. The fourth-order valence-corrected chi connectivity index (χ4v) is 2.93. The minimum absolute atomic E-state index is 0.0475. The second kappa shape index (κ2) is 8.76. The Morgan fingerprint density at radius 3 is 2.82 bits per heavy atom. The first-order chi connectivity index (χ1) is 10.7. The number of thiazole rings is 1. The molecule has 1 aromatic heterocycles. The van der Waals surface area contributed by atoms with Crippen LogP contribution in [0.2, 0.25) is 0 Å². The highest BCUT2D eigenvalue weighted by atomic mass is 35.5. The van der Waals surface area contributed by atoms with Crippen LogP contribution in [0.25, 0.3) is 10.6 Å². The van der Waals surface area contributed by atoms with E-state index < -0.39 is 0 Å². The maximum atomic E-state index is 11.5. The van der Waals surface area contributed by atoms with Gasteiger partial charge in [-0.3, -0.25) is 4.79 Å². The van der Waals surface area contributed by atoms with Gasteiger partial charge < -0.3 is 10.1 Å². The van der Waals surface area contributed by atoms with Gasteiger partial charge in [-0.15, -0.1) is 22.9 Å². The number of nitrogens with one attached hydrogen (secondary N) is 1. The third kappa shape index (κ3) is 5.00. The SMILES string of the molecule is COc1ccc(-c2nc(CCNC(=O)CCCCl)cs2)cc1. The number of methoxy groups -OCH3 is 1. The number of benzene rings is 1. The van der Waals surface area contributed by atoms with Crippen LogP contribution in [0.15, 0.2) is 29.6 Å². The Morgan fingerprint density at radius 2 is 2.14 bits per heavy atom. The topological polar surface area (TPSA) is 51.2 Å². The van der Waals surface area contributed by atoms with Gasteiger partial charge in [-0.1, -0.05) is 0 Å². The lowest BCUT2D eigenvalue weighted by Gasteiger charge is -2.02. The normalized spacial score (nSPS) is 10.5. The quantitative estimate of drug-likeness (QED) is 0.749. The van der Waals surface area contributed by atoms with Crippen LogP contribution < -0.4 is 10.1 Å². The summed E-state index contributed by atoms with van der Waals surface area (Å²) in [5, 5.41) is 5.89. The molecule has 0 saturated carbocycles. The lowest BCUT2D eigenvalue weighted by Crippen LogP contribution is -2.25. The van der Waals surface area contributed by atoms with Gasteiger partial charge in [0.1, 0.15) is 10.8 Å². The van der Waals surface area contributed by atoms with Gasteiger partial charge >= 0.3 is 0 Å². The highest BCUT2D eigenvalue weighted by molar-refractivity contribution is 7.13. The number of ether oxygens (including phenoxy) is 1. The summed E-state index contributed by atoms with van der Waals surface area (Å²) in [5.74, 6) is 1.40. The minimum atomic E-state index is 0.0475. The van der Waals surface area contributed by atoms with Crippen LogP contribution >= 0.6 is 22.9 Å². The largest absolute Gasteiger partial charge is 0.497 e. The first kappa shape index (κ1) is 16.8. The molecule has 0 bridgehead atoms. The zero-order chi connectivity index (χ0) is 15.8. The number of aromatic nitrogens is 1. The van der Waals surface area contributed by atoms with Gasteiger partial charge in [0.05, 0.1) is 12.8 Å². The summed E-state index contributed by atoms with van der Waals surface area (Å²) >= 11 is 7.17. The van der Waals surface area contributed by atoms with Crippen molar-refractivity contribution < 1.29 is 9.53 Å². The summed E-state index contributed by atoms with van der Waals surface area (Å²) in [6.45, 7) is 0.604. The number of carbonyl (C=O) groups is 1. The Morgan fingerprint density at radius 1 is 1.36 bits per heavy atom. The van der Waals surface area contributed by atoms with E-state index >= 15 is 0 Å². The molecule has 118 valence electrons. The second-order valence-electron chi connectivity index (χ2n) is 4.76. The molecule has 2 rings (SSSR count). The number of hydrogen-bond donors (Lipinski definition) is 1. The average Bonchev–Trinajstić information content (AvgIpc) is 3.02. The number of hydrogen-bond acceptors (Lipinski definition) is 4. The Balaban J connectivity index is 1.84. The molecular weight excluding hydrogens is 320 g/mol. The lowest BCUT2D eigenvalue weighted by molar-refractivity contribution is -0.121. The van der Waals surface area contributed by atoms with Gasteiger partial charge in [-0.05, 0) is 30.7 Å². The summed E-state index contributed by atoms with van der Waals surface area (Å²) in [7, 11) is 1.65. The predicted molar refractivity (Wildman–Crippen MR) is 90.8 cm³/mol. The molecule has 4 nitrogen and oxygen atoms in total. The zero-order valence-corrected chi connectivity index (χ0v) is 14.0. The van der Waals surface area contributed by atoms with E-state index in [1.165, 1.54) is 0 Å². The molecule has 0 aliphatic carbocycles. The predicted octanol–water partition coefficient (Wildman–Crippen LogP) is 3.50. The molecule has 6 heteroatoms. The molecule has 0 fully saturated rings. The molecule has 1 amide bonds. The van der Waals surface area contributed by atoms with Crippen molar-refractivity contribution in [3.05, 3.63) is 35.3 Å². The van der Waals surface area contributed by atoms with Gasteiger partial charge in [0, 0.05) is 36.2 Å². The number of alkyl halides is 1. The molecule has 0 aliphatic heterocycles. The first-order valence-electron chi connectivity index (χ1n) is 7.14. The van der Waals surface area contributed by atoms with Gasteiger partial charge in [0.25, 0.3) is 0 Å². The maximum absolute atomic E-state index is 11.5. The molecule has 0 aliphatic rings. The molecule has 0 spiro atoms. The van der Waals surface area contributed by atoms with Crippen molar-refractivity contribution in [1.29, 1.82) is 0 Å². The standard InChI is InChI=1S/C16H19ClN2O2S/c1-21-14-6-4-12(5-7-14)16-19-13(11-22-16)8-10-18-15(20)3-2-9-17/h4-7,11H,2-3,8-10H2,1H3,(H,18,20). The summed E-state index contributed by atoms with van der Waals surface area (Å²) < 4.78 is 5.15. The van der Waals surface area contributed by atoms with Crippen LogP contribution in [0.1, 0.15) is 18.5 Å². The molecule has 1 N–H and O–H groups in total. The third-order valence-electron chi connectivity index (χ3n) is 3.13. The number of halogens is 1. The van der Waals surface area contributed by atoms with Crippen LogP contribution in [0.4, 0.5) is 0 Å². The highest BCUT2D eigenvalue weighted by Gasteiger charge is 2.06. The molecular formula is C16H19ClN2O2S. The van der Waals surface area contributed by atoms with Crippen LogP contribution in [0, 0.1) is 0 Å². The lowest BCUT2D eigenvalue weighted by atomic mass is 10.2. The van der Waals surface area contributed by atoms with Crippen molar-refractivity contribution >= 4 is 28.8 Å². The summed E-state index contributed by atoms with van der Waals surface area (Å²) in [5.41, 5.74) is 2.07. The van der Waals surface area contributed by atoms with E-state index in [0.29, 0.717) is 25.3 Å². The fraction of sp³-hybridized carbons (Fsp3) is 0.375. The van der Waals surface area contributed by atoms with Gasteiger partial charge in [0.15, 0.2) is 0 Å². The molecule has 2 aromatic rings. The van der Waals surface area contributed by atoms with Crippen molar-refractivity contribution in [3.63, 3.8) is 0 Å². The van der Waals surface area contributed by atoms with Crippen LogP contribution in [-0.4, -0.2) is 30.4 Å². The maximum Gasteiger partial charge on any atom is 0.220 e. The van der Waals surface area contributed by atoms with Crippen molar-refractivity contribution in [2.75, 3.05) is 19.5 Å². The smallest absolute Gasteiger partial charge is 0.220 e. The average molecular weight is 339 g/mol. The number of rotatable bonds is 8. The Bertz CT molecular complexity index is 598. The summed E-state index contributed by atoms with van der Waals surface area (Å²) in [4.78, 5) is 16.1. The van der Waals surface area contributed by atoms with Crippen molar-refractivity contribution in [2.45, 2.75) is 19.3 Å². The van der Waals surface area contributed by atoms with Gasteiger partial charge in [0.2, 0.25) is 5.91 Å². The van der Waals surface area contributed by atoms with Crippen molar-refractivity contribution in [3.8, 4) is 16.3 Å². The third-order valence-corrected chi connectivity index (χ3v) is 4.34. The van der Waals surface area contributed by atoms with Crippen LogP contribution in [0.3, 0.4) is 0 Å². The van der Waals surface area contributed by atoms with Crippen molar-refractivity contribution in [1.82, 2.24) is 10.3 Å². The van der Waals surface area contributed by atoms with E-state index in [1.807, 2.05) is 29.6 Å². The second-order valence-corrected chi connectivity index (χ2v) is 6.00. The van der Waals surface area contributed by atoms with E-state index in [4.69, 9.17) is 16.3 Å². The summed E-state index contributed by atoms with van der Waals surface area (Å²) in [6, 6.07) is 7.84. The summed E-state index contributed by atoms with van der Waals surface area (Å²) in [6.07, 6.45) is 1.93. The monoisotopic (exact) mass is 338 g/mol. The molecule has 0 radical (unpaired) electrons. The molecule has 0 saturated heterocycles. The van der Waals surface area contributed by atoms with E-state index in [-0.39, 0.29) is 5.91 Å². The van der Waals surface area contributed by atoms with E-state index in [1.54, 1.807) is 18.4 Å². The van der Waals surface area contributed by atoms with Crippen LogP contribution in [-0.2, 0) is 11.2 Å². The molecule has 1 aromatic carbocycles. The zero-order valence-electron chi connectivity index (χ0n) is 12.5. The van der Waals surface area contributed by atoms with Gasteiger partial charge in [-0.25, -0.2) is 4.98 Å². The van der Waals surface area contributed by atoms with Crippen LogP contribution in [0.5, 0.6) is 5.75 Å². The van der Waals surface area contributed by atoms with E-state index in [0.717, 1.165) is 28.4 Å². The Kier molecular flexibility index (Phi) is 6.68. The molecule has 0 unspecified atom stereocenters. The van der Waals surface area contributed by atoms with E-state index in [2.05, 4.69) is 10.3 Å².